The zero-order chi connectivity index (χ0) is 24.3. The van der Waals surface area contributed by atoms with Crippen LogP contribution < -0.4 is 4.90 Å². The average molecular weight is 524 g/mol. The van der Waals surface area contributed by atoms with Crippen LogP contribution in [0.5, 0.6) is 0 Å². The topological polar surface area (TPSA) is 118 Å². The van der Waals surface area contributed by atoms with Gasteiger partial charge in [-0.3, -0.25) is 29.0 Å². The zero-order valence-electron chi connectivity index (χ0n) is 17.0. The van der Waals surface area contributed by atoms with E-state index in [0.29, 0.717) is 0 Å². The Kier molecular flexibility index (Phi) is 7.89. The number of thiol groups is 1. The van der Waals surface area contributed by atoms with Crippen LogP contribution in [-0.4, -0.2) is 68.2 Å². The fourth-order valence-corrected chi connectivity index (χ4v) is 5.58. The highest BCUT2D eigenvalue weighted by Gasteiger charge is 2.37. The van der Waals surface area contributed by atoms with Gasteiger partial charge in [-0.2, -0.15) is 0 Å². The Balaban J connectivity index is 1.82. The van der Waals surface area contributed by atoms with Crippen molar-refractivity contribution in [2.75, 3.05) is 25.0 Å². The summed E-state index contributed by atoms with van der Waals surface area (Å²) >= 11 is 11.5. The molecule has 0 aromatic heterocycles. The molecule has 33 heavy (non-hydrogen) atoms. The summed E-state index contributed by atoms with van der Waals surface area (Å²) < 4.78 is -0.0205. The molecule has 1 fully saturated rings. The monoisotopic (exact) mass is 523 g/mol. The number of amides is 2. The van der Waals surface area contributed by atoms with Crippen molar-refractivity contribution >= 4 is 82.1 Å². The van der Waals surface area contributed by atoms with Gasteiger partial charge in [0.05, 0.1) is 15.7 Å². The van der Waals surface area contributed by atoms with Crippen molar-refractivity contribution in [3.63, 3.8) is 0 Å². The maximum absolute atomic E-state index is 12.8. The summed E-state index contributed by atoms with van der Waals surface area (Å²) in [6.07, 6.45) is 4.37. The number of fused-ring (bicyclic) bond motifs is 1. The van der Waals surface area contributed by atoms with Crippen LogP contribution in [0.1, 0.15) is 0 Å². The number of anilines is 1. The lowest BCUT2D eigenvalue weighted by atomic mass is 10.3. The van der Waals surface area contributed by atoms with Crippen LogP contribution in [0, 0.1) is 0 Å². The summed E-state index contributed by atoms with van der Waals surface area (Å²) in [6, 6.07) is 7.81. The van der Waals surface area contributed by atoms with Gasteiger partial charge in [-0.25, -0.2) is 0 Å². The molecule has 1 aromatic rings. The largest absolute Gasteiger partial charge is 0.480 e. The van der Waals surface area contributed by atoms with E-state index < -0.39 is 36.8 Å². The summed E-state index contributed by atoms with van der Waals surface area (Å²) in [5.74, 6) is -4.05. The maximum atomic E-state index is 12.8. The second-order valence-electron chi connectivity index (χ2n) is 6.62. The number of aliphatic carboxylic acids is 2. The lowest BCUT2D eigenvalue weighted by molar-refractivity contribution is -0.141. The van der Waals surface area contributed by atoms with Crippen molar-refractivity contribution in [1.82, 2.24) is 9.80 Å². The minimum absolute atomic E-state index is 0.0205. The van der Waals surface area contributed by atoms with Crippen molar-refractivity contribution in [3.05, 3.63) is 57.5 Å². The summed E-state index contributed by atoms with van der Waals surface area (Å²) in [7, 11) is 1.89. The number of rotatable bonds is 7. The number of allylic oxidation sites excluding steroid dienone is 2. The summed E-state index contributed by atoms with van der Waals surface area (Å²) in [5, 5.41) is 18.8. The van der Waals surface area contributed by atoms with Gasteiger partial charge >= 0.3 is 11.9 Å². The molecule has 2 aliphatic heterocycles. The summed E-state index contributed by atoms with van der Waals surface area (Å²) in [5.41, 5.74) is 1.03. The predicted octanol–water partition coefficient (Wildman–Crippen LogP) is 2.58. The lowest BCUT2D eigenvalue weighted by Gasteiger charge is -2.20. The Bertz CT molecular complexity index is 1150. The van der Waals surface area contributed by atoms with E-state index in [1.54, 1.807) is 6.08 Å². The van der Waals surface area contributed by atoms with Crippen molar-refractivity contribution in [2.45, 2.75) is 4.90 Å². The Morgan fingerprint density at radius 3 is 2.52 bits per heavy atom. The van der Waals surface area contributed by atoms with Crippen molar-refractivity contribution in [1.29, 1.82) is 0 Å². The second kappa shape index (κ2) is 10.5. The van der Waals surface area contributed by atoms with E-state index >= 15 is 0 Å². The zero-order valence-corrected chi connectivity index (χ0v) is 20.3. The summed E-state index contributed by atoms with van der Waals surface area (Å²) in [4.78, 5) is 52.2. The Morgan fingerprint density at radius 1 is 1.18 bits per heavy atom. The Hall–Kier alpha value is -2.74. The van der Waals surface area contributed by atoms with Gasteiger partial charge in [0, 0.05) is 18.0 Å². The Labute approximate surface area is 208 Å². The molecule has 0 spiro atoms. The van der Waals surface area contributed by atoms with E-state index in [1.807, 2.05) is 36.2 Å². The number of carboxylic acid groups (broad SMARTS) is 2. The van der Waals surface area contributed by atoms with Gasteiger partial charge in [0.25, 0.3) is 11.8 Å². The van der Waals surface area contributed by atoms with Gasteiger partial charge in [0.1, 0.15) is 22.3 Å². The number of carbonyl (C=O) groups is 4. The SMILES string of the molecule is CN1C(=CC=CC(=O)N(CC(=O)O)/C(S)=C2\SC(=S)N(CC(=O)O)C2=O)Sc2ccccc21. The van der Waals surface area contributed by atoms with E-state index in [-0.39, 0.29) is 14.3 Å². The molecule has 0 aliphatic carbocycles. The van der Waals surface area contributed by atoms with Gasteiger partial charge in [0.15, 0.2) is 0 Å². The third-order valence-corrected chi connectivity index (χ3v) is 7.65. The number of carbonyl (C=O) groups excluding carboxylic acids is 2. The quantitative estimate of drug-likeness (QED) is 0.280. The normalized spacial score (nSPS) is 18.3. The molecule has 1 saturated heterocycles. The van der Waals surface area contributed by atoms with Gasteiger partial charge in [-0.1, -0.05) is 54.0 Å². The predicted molar refractivity (Wildman–Crippen MR) is 133 cm³/mol. The third-order valence-electron chi connectivity index (χ3n) is 4.41. The molecule has 2 amide bonds. The molecular weight excluding hydrogens is 507 g/mol. The van der Waals surface area contributed by atoms with E-state index in [4.69, 9.17) is 17.3 Å². The Morgan fingerprint density at radius 2 is 1.88 bits per heavy atom. The van der Waals surface area contributed by atoms with Gasteiger partial charge in [-0.15, -0.1) is 12.6 Å². The fourth-order valence-electron chi connectivity index (χ4n) is 2.89. The summed E-state index contributed by atoms with van der Waals surface area (Å²) in [6.45, 7) is -1.40. The van der Waals surface area contributed by atoms with Crippen LogP contribution in [0.3, 0.4) is 0 Å². The molecule has 0 unspecified atom stereocenters. The molecule has 9 nitrogen and oxygen atoms in total. The van der Waals surface area contributed by atoms with E-state index in [1.165, 1.54) is 23.9 Å². The highest BCUT2D eigenvalue weighted by atomic mass is 32.2. The van der Waals surface area contributed by atoms with Crippen LogP contribution in [0.15, 0.2) is 62.4 Å². The highest BCUT2D eigenvalue weighted by Crippen LogP contribution is 2.44. The van der Waals surface area contributed by atoms with Crippen molar-refractivity contribution < 1.29 is 29.4 Å². The molecule has 1 aromatic carbocycles. The molecule has 3 rings (SSSR count). The first kappa shape index (κ1) is 24.9. The van der Waals surface area contributed by atoms with Gasteiger partial charge in [-0.05, 0) is 18.2 Å². The molecule has 172 valence electrons. The van der Waals surface area contributed by atoms with Gasteiger partial charge < -0.3 is 15.1 Å². The fraction of sp³-hybridized carbons (Fsp3) is 0.150. The lowest BCUT2D eigenvalue weighted by Crippen LogP contribution is -2.35. The van der Waals surface area contributed by atoms with Crippen LogP contribution in [0.4, 0.5) is 5.69 Å². The molecule has 0 bridgehead atoms. The van der Waals surface area contributed by atoms with E-state index in [0.717, 1.165) is 37.2 Å². The number of para-hydroxylation sites is 1. The molecule has 0 saturated carbocycles. The van der Waals surface area contributed by atoms with Crippen molar-refractivity contribution in [2.24, 2.45) is 0 Å². The third kappa shape index (κ3) is 5.61. The number of nitrogens with zero attached hydrogens (tertiary/aromatic N) is 3. The molecule has 2 heterocycles. The van der Waals surface area contributed by atoms with Crippen molar-refractivity contribution in [3.8, 4) is 0 Å². The minimum Gasteiger partial charge on any atom is -0.480 e. The number of hydrogen-bond acceptors (Lipinski definition) is 9. The number of carboxylic acids is 2. The van der Waals surface area contributed by atoms with Crippen LogP contribution >= 0.6 is 48.4 Å². The highest BCUT2D eigenvalue weighted by molar-refractivity contribution is 8.27. The number of thiocarbonyl (C=S) groups is 1. The second-order valence-corrected chi connectivity index (χ2v) is 9.75. The maximum Gasteiger partial charge on any atom is 0.323 e. The molecule has 2 N–H and O–H groups in total. The van der Waals surface area contributed by atoms with E-state index in [9.17, 15) is 24.3 Å². The number of thioether (sulfide) groups is 2. The molecule has 2 aliphatic rings. The number of benzene rings is 1. The number of hydrogen-bond donors (Lipinski definition) is 3. The van der Waals surface area contributed by atoms with Crippen LogP contribution in [-0.2, 0) is 19.2 Å². The standard InChI is InChI=1S/C20H17N3O6S4/c1-21-11-5-2-3-6-12(11)32-14(21)8-4-7-13(24)22(9-15(25)26)19(30)17-18(29)23(10-16(27)28)20(31)33-17/h2-8,30H,9-10H2,1H3,(H,25,26)(H,27,28)/b7-4?,14-8?,19-17+. The molecule has 13 heteroatoms. The van der Waals surface area contributed by atoms with Crippen LogP contribution in [0.2, 0.25) is 0 Å². The van der Waals surface area contributed by atoms with Gasteiger partial charge in [0.2, 0.25) is 0 Å². The molecular formula is C20H17N3O6S4. The smallest absolute Gasteiger partial charge is 0.323 e. The first-order valence-corrected chi connectivity index (χ1v) is 11.7. The minimum atomic E-state index is -1.32. The first-order valence-electron chi connectivity index (χ1n) is 9.21. The van der Waals surface area contributed by atoms with Crippen LogP contribution in [0.25, 0.3) is 0 Å². The molecule has 0 radical (unpaired) electrons. The van der Waals surface area contributed by atoms with E-state index in [2.05, 4.69) is 12.6 Å². The molecule has 0 atom stereocenters. The first-order chi connectivity index (χ1) is 15.6. The average Bonchev–Trinajstić information content (AvgIpc) is 3.22.